The molecule has 0 spiro atoms. The second-order valence-corrected chi connectivity index (χ2v) is 5.40. The molecule has 0 fully saturated rings. The summed E-state index contributed by atoms with van der Waals surface area (Å²) in [4.78, 5) is 11.9. The van der Waals surface area contributed by atoms with Crippen LogP contribution in [0.1, 0.15) is 25.8 Å². The largest absolute Gasteiger partial charge is 0.505 e. The van der Waals surface area contributed by atoms with Crippen molar-refractivity contribution in [2.24, 2.45) is 11.7 Å². The molecule has 1 aromatic rings. The minimum absolute atomic E-state index is 0. The zero-order chi connectivity index (χ0) is 13.9. The van der Waals surface area contributed by atoms with Crippen LogP contribution in [0.2, 0.25) is 0 Å². The second kappa shape index (κ2) is 7.72. The number of nitrogens with one attached hydrogen (secondary N) is 1. The summed E-state index contributed by atoms with van der Waals surface area (Å²) in [6.07, 6.45) is 0.831. The van der Waals surface area contributed by atoms with Crippen molar-refractivity contribution in [2.75, 3.05) is 5.32 Å². The number of hydrogen-bond acceptors (Lipinski definition) is 3. The Kier molecular flexibility index (Phi) is 7.41. The van der Waals surface area contributed by atoms with Crippen LogP contribution in [0.4, 0.5) is 5.69 Å². The summed E-state index contributed by atoms with van der Waals surface area (Å²) in [6.45, 7) is 5.79. The summed E-state index contributed by atoms with van der Waals surface area (Å²) in [6, 6.07) is 2.91. The Morgan fingerprint density at radius 3 is 2.63 bits per heavy atom. The predicted octanol–water partition coefficient (Wildman–Crippen LogP) is 3.20. The number of hydrogen-bond donors (Lipinski definition) is 3. The number of phenols is 1. The molecule has 1 aromatic carbocycles. The zero-order valence-corrected chi connectivity index (χ0v) is 13.6. The van der Waals surface area contributed by atoms with E-state index in [1.165, 1.54) is 0 Å². The molecule has 6 heteroatoms. The Labute approximate surface area is 128 Å². The van der Waals surface area contributed by atoms with Gasteiger partial charge >= 0.3 is 0 Å². The molecule has 2 atom stereocenters. The van der Waals surface area contributed by atoms with Crippen LogP contribution in [-0.4, -0.2) is 17.1 Å². The van der Waals surface area contributed by atoms with Crippen molar-refractivity contribution in [3.8, 4) is 5.75 Å². The van der Waals surface area contributed by atoms with Gasteiger partial charge in [0.1, 0.15) is 0 Å². The van der Waals surface area contributed by atoms with Crippen LogP contribution in [0.15, 0.2) is 16.6 Å². The molecule has 4 N–H and O–H groups in total. The minimum Gasteiger partial charge on any atom is -0.505 e. The summed E-state index contributed by atoms with van der Waals surface area (Å²) in [5, 5.41) is 12.5. The molecule has 0 heterocycles. The number of nitrogens with two attached hydrogens (primary N) is 1. The average Bonchev–Trinajstić information content (AvgIpc) is 2.33. The maximum absolute atomic E-state index is 11.9. The van der Waals surface area contributed by atoms with E-state index in [9.17, 15) is 9.90 Å². The lowest BCUT2D eigenvalue weighted by atomic mass is 9.99. The summed E-state index contributed by atoms with van der Waals surface area (Å²) in [5.41, 5.74) is 7.16. The Morgan fingerprint density at radius 2 is 2.11 bits per heavy atom. The van der Waals surface area contributed by atoms with Crippen molar-refractivity contribution in [1.82, 2.24) is 0 Å². The smallest absolute Gasteiger partial charge is 0.241 e. The third-order valence-corrected chi connectivity index (χ3v) is 3.63. The number of phenolic OH excluding ortho intramolecular Hbond substituents is 1. The van der Waals surface area contributed by atoms with Gasteiger partial charge in [0.2, 0.25) is 5.91 Å². The number of rotatable bonds is 4. The fourth-order valence-corrected chi connectivity index (χ4v) is 2.13. The van der Waals surface area contributed by atoms with E-state index in [4.69, 9.17) is 5.73 Å². The SMILES string of the molecule is CCC(C)C(N)C(=O)Nc1cc(C)cc(Br)c1O.Cl. The highest BCUT2D eigenvalue weighted by atomic mass is 79.9. The van der Waals surface area contributed by atoms with E-state index < -0.39 is 6.04 Å². The van der Waals surface area contributed by atoms with Gasteiger partial charge < -0.3 is 16.2 Å². The van der Waals surface area contributed by atoms with Gasteiger partial charge in [0.05, 0.1) is 16.2 Å². The first-order valence-electron chi connectivity index (χ1n) is 5.92. The van der Waals surface area contributed by atoms with Gasteiger partial charge in [-0.25, -0.2) is 0 Å². The summed E-state index contributed by atoms with van der Waals surface area (Å²) >= 11 is 3.23. The number of aromatic hydroxyl groups is 1. The number of halogens is 2. The van der Waals surface area contributed by atoms with E-state index in [-0.39, 0.29) is 30.0 Å². The van der Waals surface area contributed by atoms with Gasteiger partial charge in [0, 0.05) is 0 Å². The van der Waals surface area contributed by atoms with Crippen LogP contribution < -0.4 is 11.1 Å². The summed E-state index contributed by atoms with van der Waals surface area (Å²) in [7, 11) is 0. The topological polar surface area (TPSA) is 75.4 Å². The van der Waals surface area contributed by atoms with E-state index in [1.54, 1.807) is 12.1 Å². The highest BCUT2D eigenvalue weighted by Crippen LogP contribution is 2.33. The molecule has 1 rings (SSSR count). The first kappa shape index (κ1) is 18.2. The van der Waals surface area contributed by atoms with Crippen molar-refractivity contribution in [3.05, 3.63) is 22.2 Å². The molecule has 108 valence electrons. The van der Waals surface area contributed by atoms with Crippen LogP contribution in [0.5, 0.6) is 5.75 Å². The van der Waals surface area contributed by atoms with E-state index in [0.717, 1.165) is 12.0 Å². The maximum Gasteiger partial charge on any atom is 0.241 e. The minimum atomic E-state index is -0.575. The van der Waals surface area contributed by atoms with E-state index >= 15 is 0 Å². The zero-order valence-electron chi connectivity index (χ0n) is 11.2. The Bertz CT molecular complexity index is 455. The van der Waals surface area contributed by atoms with Gasteiger partial charge in [-0.3, -0.25) is 4.79 Å². The lowest BCUT2D eigenvalue weighted by Crippen LogP contribution is -2.40. The molecule has 0 aromatic heterocycles. The average molecular weight is 352 g/mol. The van der Waals surface area contributed by atoms with Crippen molar-refractivity contribution >= 4 is 39.9 Å². The number of aryl methyl sites for hydroxylation is 1. The molecule has 0 saturated carbocycles. The van der Waals surface area contributed by atoms with Crippen molar-refractivity contribution in [3.63, 3.8) is 0 Å². The van der Waals surface area contributed by atoms with Crippen LogP contribution in [0, 0.1) is 12.8 Å². The molecule has 2 unspecified atom stereocenters. The Hall–Kier alpha value is -0.780. The van der Waals surface area contributed by atoms with Gasteiger partial charge in [-0.1, -0.05) is 20.3 Å². The molecular formula is C13H20BrClN2O2. The van der Waals surface area contributed by atoms with Gasteiger partial charge in [0.15, 0.2) is 5.75 Å². The van der Waals surface area contributed by atoms with E-state index in [1.807, 2.05) is 20.8 Å². The fraction of sp³-hybridized carbons (Fsp3) is 0.462. The number of benzene rings is 1. The predicted molar refractivity (Wildman–Crippen MR) is 83.9 cm³/mol. The summed E-state index contributed by atoms with van der Waals surface area (Å²) in [5.74, 6) is -0.164. The molecule has 1 amide bonds. The normalized spacial score (nSPS) is 13.3. The molecular weight excluding hydrogens is 332 g/mol. The standard InChI is InChI=1S/C13H19BrN2O2.ClH/c1-4-8(3)11(15)13(18)16-10-6-7(2)5-9(14)12(10)17;/h5-6,8,11,17H,4,15H2,1-3H3,(H,16,18);1H. The van der Waals surface area contributed by atoms with Crippen molar-refractivity contribution in [1.29, 1.82) is 0 Å². The molecule has 0 saturated heterocycles. The molecule has 0 aliphatic heterocycles. The van der Waals surface area contributed by atoms with E-state index in [2.05, 4.69) is 21.2 Å². The number of carbonyl (C=O) groups is 1. The number of carbonyl (C=O) groups excluding carboxylic acids is 1. The Balaban J connectivity index is 0.00000324. The van der Waals surface area contributed by atoms with Crippen molar-refractivity contribution in [2.45, 2.75) is 33.2 Å². The van der Waals surface area contributed by atoms with Gasteiger partial charge in [-0.2, -0.15) is 0 Å². The molecule has 0 radical (unpaired) electrons. The Morgan fingerprint density at radius 1 is 1.53 bits per heavy atom. The monoisotopic (exact) mass is 350 g/mol. The number of anilines is 1. The molecule has 0 aliphatic rings. The third kappa shape index (κ3) is 4.67. The molecule has 4 nitrogen and oxygen atoms in total. The second-order valence-electron chi connectivity index (χ2n) is 4.54. The lowest BCUT2D eigenvalue weighted by molar-refractivity contribution is -0.118. The third-order valence-electron chi connectivity index (χ3n) is 3.03. The first-order chi connectivity index (χ1) is 8.36. The van der Waals surface area contributed by atoms with Crippen LogP contribution in [0.25, 0.3) is 0 Å². The highest BCUT2D eigenvalue weighted by molar-refractivity contribution is 9.10. The highest BCUT2D eigenvalue weighted by Gasteiger charge is 2.20. The molecule has 0 aliphatic carbocycles. The van der Waals surface area contributed by atoms with Crippen molar-refractivity contribution < 1.29 is 9.90 Å². The lowest BCUT2D eigenvalue weighted by Gasteiger charge is -2.18. The van der Waals surface area contributed by atoms with Gasteiger partial charge in [-0.15, -0.1) is 12.4 Å². The van der Waals surface area contributed by atoms with Gasteiger partial charge in [0.25, 0.3) is 0 Å². The van der Waals surface area contributed by atoms with Crippen LogP contribution >= 0.6 is 28.3 Å². The van der Waals surface area contributed by atoms with Crippen LogP contribution in [-0.2, 0) is 4.79 Å². The fourth-order valence-electron chi connectivity index (χ4n) is 1.56. The maximum atomic E-state index is 11.9. The quantitative estimate of drug-likeness (QED) is 0.729. The molecule has 0 bridgehead atoms. The van der Waals surface area contributed by atoms with Gasteiger partial charge in [-0.05, 0) is 46.5 Å². The van der Waals surface area contributed by atoms with Crippen LogP contribution in [0.3, 0.4) is 0 Å². The number of amides is 1. The van der Waals surface area contributed by atoms with E-state index in [0.29, 0.717) is 10.2 Å². The summed E-state index contributed by atoms with van der Waals surface area (Å²) < 4.78 is 0.551. The molecule has 19 heavy (non-hydrogen) atoms. The first-order valence-corrected chi connectivity index (χ1v) is 6.71.